The maximum atomic E-state index is 12.8. The molecule has 3 rings (SSSR count). The monoisotopic (exact) mass is 347 g/mol. The Labute approximate surface area is 149 Å². The number of imidazole rings is 1. The maximum Gasteiger partial charge on any atom is 0.227 e. The summed E-state index contributed by atoms with van der Waals surface area (Å²) < 4.78 is 2.11. The van der Waals surface area contributed by atoms with Crippen LogP contribution in [0.5, 0.6) is 0 Å². The Balaban J connectivity index is 1.45. The van der Waals surface area contributed by atoms with Crippen molar-refractivity contribution in [1.29, 1.82) is 0 Å². The Morgan fingerprint density at radius 2 is 2.08 bits per heavy atom. The Bertz CT molecular complexity index is 578. The van der Waals surface area contributed by atoms with Crippen LogP contribution in [0.25, 0.3) is 0 Å². The number of aromatic nitrogens is 2. The van der Waals surface area contributed by atoms with Crippen molar-refractivity contribution in [1.82, 2.24) is 24.3 Å². The lowest BCUT2D eigenvalue weighted by molar-refractivity contribution is -0.137. The summed E-state index contributed by atoms with van der Waals surface area (Å²) >= 11 is 0. The predicted molar refractivity (Wildman–Crippen MR) is 94.8 cm³/mol. The molecule has 7 heteroatoms. The minimum absolute atomic E-state index is 0.121. The molecule has 25 heavy (non-hydrogen) atoms. The number of piperidine rings is 1. The summed E-state index contributed by atoms with van der Waals surface area (Å²) in [7, 11) is 3.99. The maximum absolute atomic E-state index is 12.8. The molecule has 2 saturated heterocycles. The van der Waals surface area contributed by atoms with Gasteiger partial charge in [0, 0.05) is 58.1 Å². The number of hydrogen-bond acceptors (Lipinski definition) is 4. The Morgan fingerprint density at radius 1 is 1.32 bits per heavy atom. The number of carbonyl (C=O) groups is 2. The molecule has 7 nitrogen and oxygen atoms in total. The summed E-state index contributed by atoms with van der Waals surface area (Å²) in [5, 5.41) is 0. The van der Waals surface area contributed by atoms with Gasteiger partial charge in [-0.3, -0.25) is 9.59 Å². The number of amides is 2. The average Bonchev–Trinajstić information content (AvgIpc) is 3.23. The Kier molecular flexibility index (Phi) is 5.73. The Hall–Kier alpha value is -1.89. The van der Waals surface area contributed by atoms with Crippen molar-refractivity contribution in [2.24, 2.45) is 11.8 Å². The highest BCUT2D eigenvalue weighted by Gasteiger charge is 2.37. The van der Waals surface area contributed by atoms with E-state index < -0.39 is 0 Å². The van der Waals surface area contributed by atoms with E-state index in [1.165, 1.54) is 0 Å². The number of rotatable bonds is 6. The molecule has 1 aromatic rings. The first-order chi connectivity index (χ1) is 12.0. The van der Waals surface area contributed by atoms with Crippen molar-refractivity contribution in [3.8, 4) is 0 Å². The SMILES string of the molecule is CN(C)CCN1CC(C(=O)N2CCC(Cn3ccnc3)CC2)CC1=O. The molecule has 0 bridgehead atoms. The molecular formula is C18H29N5O2. The number of hydrogen-bond donors (Lipinski definition) is 0. The second-order valence-corrected chi connectivity index (χ2v) is 7.57. The molecule has 0 saturated carbocycles. The molecule has 2 aliphatic rings. The molecule has 2 amide bonds. The van der Waals surface area contributed by atoms with E-state index in [0.717, 1.165) is 39.0 Å². The molecule has 1 unspecified atom stereocenters. The van der Waals surface area contributed by atoms with Crippen LogP contribution in [0.1, 0.15) is 19.3 Å². The molecule has 0 N–H and O–H groups in total. The lowest BCUT2D eigenvalue weighted by atomic mass is 9.95. The average molecular weight is 347 g/mol. The molecule has 0 radical (unpaired) electrons. The van der Waals surface area contributed by atoms with Gasteiger partial charge in [0.2, 0.25) is 11.8 Å². The van der Waals surface area contributed by atoms with Gasteiger partial charge < -0.3 is 19.3 Å². The number of nitrogens with zero attached hydrogens (tertiary/aromatic N) is 5. The van der Waals surface area contributed by atoms with E-state index in [2.05, 4.69) is 14.5 Å². The van der Waals surface area contributed by atoms with Crippen molar-refractivity contribution >= 4 is 11.8 Å². The topological polar surface area (TPSA) is 61.7 Å². The smallest absolute Gasteiger partial charge is 0.227 e. The summed E-state index contributed by atoms with van der Waals surface area (Å²) in [6.07, 6.45) is 8.07. The molecule has 138 valence electrons. The molecule has 2 aliphatic heterocycles. The number of likely N-dealkylation sites (N-methyl/N-ethyl adjacent to an activating group) is 1. The van der Waals surface area contributed by atoms with E-state index in [4.69, 9.17) is 0 Å². The van der Waals surface area contributed by atoms with Crippen molar-refractivity contribution in [2.45, 2.75) is 25.8 Å². The zero-order valence-electron chi connectivity index (χ0n) is 15.3. The minimum Gasteiger partial charge on any atom is -0.342 e. The zero-order valence-corrected chi connectivity index (χ0v) is 15.3. The molecular weight excluding hydrogens is 318 g/mol. The summed E-state index contributed by atoms with van der Waals surface area (Å²) in [6.45, 7) is 4.72. The highest BCUT2D eigenvalue weighted by molar-refractivity contribution is 5.89. The summed E-state index contributed by atoms with van der Waals surface area (Å²) in [5.74, 6) is 0.733. The summed E-state index contributed by atoms with van der Waals surface area (Å²) in [5.41, 5.74) is 0. The number of likely N-dealkylation sites (tertiary alicyclic amines) is 2. The highest BCUT2D eigenvalue weighted by atomic mass is 16.2. The zero-order chi connectivity index (χ0) is 17.8. The van der Waals surface area contributed by atoms with Gasteiger partial charge in [-0.05, 0) is 32.9 Å². The van der Waals surface area contributed by atoms with Crippen LogP contribution >= 0.6 is 0 Å². The highest BCUT2D eigenvalue weighted by Crippen LogP contribution is 2.24. The van der Waals surface area contributed by atoms with Crippen molar-refractivity contribution in [2.75, 3.05) is 46.8 Å². The molecule has 1 atom stereocenters. The van der Waals surface area contributed by atoms with E-state index in [-0.39, 0.29) is 17.7 Å². The first-order valence-electron chi connectivity index (χ1n) is 9.20. The second-order valence-electron chi connectivity index (χ2n) is 7.57. The van der Waals surface area contributed by atoms with Crippen LogP contribution in [-0.4, -0.2) is 82.9 Å². The van der Waals surface area contributed by atoms with Gasteiger partial charge in [-0.1, -0.05) is 0 Å². The largest absolute Gasteiger partial charge is 0.342 e. The fourth-order valence-electron chi connectivity index (χ4n) is 3.76. The predicted octanol–water partition coefficient (Wildman–Crippen LogP) is 0.532. The first-order valence-corrected chi connectivity index (χ1v) is 9.20. The molecule has 2 fully saturated rings. The third kappa shape index (κ3) is 4.60. The lowest BCUT2D eigenvalue weighted by Gasteiger charge is -2.33. The molecule has 1 aromatic heterocycles. The van der Waals surface area contributed by atoms with Crippen LogP contribution in [0, 0.1) is 11.8 Å². The standard InChI is InChI=1S/C18H29N5O2/c1-20(2)9-10-23-13-16(11-17(23)24)18(25)22-6-3-15(4-7-22)12-21-8-5-19-14-21/h5,8,14-16H,3-4,6-7,9-13H2,1-2H3. The van der Waals surface area contributed by atoms with Gasteiger partial charge in [0.1, 0.15) is 0 Å². The fraction of sp³-hybridized carbons (Fsp3) is 0.722. The van der Waals surface area contributed by atoms with Gasteiger partial charge in [0.25, 0.3) is 0 Å². The van der Waals surface area contributed by atoms with Gasteiger partial charge in [-0.25, -0.2) is 4.98 Å². The minimum atomic E-state index is -0.153. The van der Waals surface area contributed by atoms with Crippen LogP contribution in [0.2, 0.25) is 0 Å². The normalized spacial score (nSPS) is 22.2. The van der Waals surface area contributed by atoms with Crippen LogP contribution < -0.4 is 0 Å². The third-order valence-electron chi connectivity index (χ3n) is 5.34. The molecule has 0 aliphatic carbocycles. The van der Waals surface area contributed by atoms with Crippen molar-refractivity contribution in [3.63, 3.8) is 0 Å². The van der Waals surface area contributed by atoms with E-state index in [1.54, 1.807) is 6.20 Å². The molecule has 0 spiro atoms. The summed E-state index contributed by atoms with van der Waals surface area (Å²) in [6, 6.07) is 0. The Morgan fingerprint density at radius 3 is 2.72 bits per heavy atom. The van der Waals surface area contributed by atoms with Gasteiger partial charge >= 0.3 is 0 Å². The van der Waals surface area contributed by atoms with Gasteiger partial charge in [-0.15, -0.1) is 0 Å². The first kappa shape index (κ1) is 17.9. The van der Waals surface area contributed by atoms with E-state index in [9.17, 15) is 9.59 Å². The van der Waals surface area contributed by atoms with Crippen molar-refractivity contribution in [3.05, 3.63) is 18.7 Å². The van der Waals surface area contributed by atoms with Gasteiger partial charge in [0.05, 0.1) is 12.2 Å². The molecule has 3 heterocycles. The van der Waals surface area contributed by atoms with Gasteiger partial charge in [0.15, 0.2) is 0 Å². The quantitative estimate of drug-likeness (QED) is 0.753. The van der Waals surface area contributed by atoms with E-state index >= 15 is 0 Å². The third-order valence-corrected chi connectivity index (χ3v) is 5.34. The van der Waals surface area contributed by atoms with Crippen molar-refractivity contribution < 1.29 is 9.59 Å². The van der Waals surface area contributed by atoms with Crippen LogP contribution in [-0.2, 0) is 16.1 Å². The van der Waals surface area contributed by atoms with E-state index in [1.807, 2.05) is 36.4 Å². The second kappa shape index (κ2) is 7.99. The van der Waals surface area contributed by atoms with Crippen LogP contribution in [0.15, 0.2) is 18.7 Å². The van der Waals surface area contributed by atoms with Crippen LogP contribution in [0.3, 0.4) is 0 Å². The lowest BCUT2D eigenvalue weighted by Crippen LogP contribution is -2.43. The number of carbonyl (C=O) groups excluding carboxylic acids is 2. The van der Waals surface area contributed by atoms with Crippen LogP contribution in [0.4, 0.5) is 0 Å². The van der Waals surface area contributed by atoms with Gasteiger partial charge in [-0.2, -0.15) is 0 Å². The fourth-order valence-corrected chi connectivity index (χ4v) is 3.76. The molecule has 0 aromatic carbocycles. The summed E-state index contributed by atoms with van der Waals surface area (Å²) in [4.78, 5) is 34.9. The van der Waals surface area contributed by atoms with E-state index in [0.29, 0.717) is 25.4 Å².